The number of hydrogen-bond donors (Lipinski definition) is 3. The van der Waals surface area contributed by atoms with Crippen LogP contribution in [0.5, 0.6) is 0 Å². The molecule has 0 unspecified atom stereocenters. The van der Waals surface area contributed by atoms with E-state index in [9.17, 15) is 9.59 Å². The number of nitrogens with zero attached hydrogens (tertiary/aromatic N) is 1. The molecule has 0 aliphatic carbocycles. The Morgan fingerprint density at radius 1 is 1.12 bits per heavy atom. The minimum Gasteiger partial charge on any atom is -0.453 e. The smallest absolute Gasteiger partial charge is 0.397 e. The molecule has 1 rings (SSSR count). The lowest BCUT2D eigenvalue weighted by molar-refractivity contribution is -0.163. The molecular weight excluding hydrogens is 332 g/mol. The topological polar surface area (TPSA) is 92.3 Å². The number of nitrogens with one attached hydrogen (secondary N) is 3. The van der Waals surface area contributed by atoms with Gasteiger partial charge in [0.25, 0.3) is 0 Å². The average molecular weight is 364 g/mol. The number of rotatable bonds is 10. The number of hydrogen-bond acceptors (Lipinski definition) is 6. The van der Waals surface area contributed by atoms with Crippen molar-refractivity contribution in [3.63, 3.8) is 0 Å². The molecule has 0 saturated heterocycles. The summed E-state index contributed by atoms with van der Waals surface area (Å²) in [6, 6.07) is 3.73. The molecule has 1 amide bonds. The minimum atomic E-state index is -0.869. The Kier molecular flexibility index (Phi) is 9.83. The van der Waals surface area contributed by atoms with Crippen LogP contribution in [0.3, 0.4) is 0 Å². The van der Waals surface area contributed by atoms with Crippen LogP contribution in [0.2, 0.25) is 0 Å². The van der Waals surface area contributed by atoms with E-state index < -0.39 is 17.5 Å². The maximum atomic E-state index is 11.8. The molecule has 0 fully saturated rings. The van der Waals surface area contributed by atoms with E-state index in [0.717, 1.165) is 43.7 Å². The fraction of sp³-hybridized carbons (Fsp3) is 0.632. The summed E-state index contributed by atoms with van der Waals surface area (Å²) in [5, 5.41) is 9.24. The molecule has 7 heteroatoms. The predicted octanol–water partition coefficient (Wildman–Crippen LogP) is 1.52. The molecule has 0 atom stereocenters. The summed E-state index contributed by atoms with van der Waals surface area (Å²) in [6.07, 6.45) is 3.96. The molecule has 0 radical (unpaired) electrons. The van der Waals surface area contributed by atoms with Crippen LogP contribution in [-0.2, 0) is 27.4 Å². The number of carbonyl (C=O) groups is 2. The summed E-state index contributed by atoms with van der Waals surface area (Å²) in [4.78, 5) is 27.8. The van der Waals surface area contributed by atoms with Crippen LogP contribution in [0.25, 0.3) is 0 Å². The molecule has 1 heterocycles. The van der Waals surface area contributed by atoms with E-state index in [1.165, 1.54) is 0 Å². The lowest BCUT2D eigenvalue weighted by atomic mass is 10.2. The van der Waals surface area contributed by atoms with Crippen LogP contribution in [0.4, 0.5) is 0 Å². The summed E-state index contributed by atoms with van der Waals surface area (Å²) >= 11 is 0. The van der Waals surface area contributed by atoms with Gasteiger partial charge >= 0.3 is 11.9 Å². The Morgan fingerprint density at radius 3 is 2.46 bits per heavy atom. The second-order valence-electron chi connectivity index (χ2n) is 7.08. The van der Waals surface area contributed by atoms with Crippen molar-refractivity contribution in [3.05, 3.63) is 29.6 Å². The van der Waals surface area contributed by atoms with E-state index in [0.29, 0.717) is 6.54 Å². The van der Waals surface area contributed by atoms with Crippen molar-refractivity contribution >= 4 is 11.9 Å². The molecule has 146 valence electrons. The van der Waals surface area contributed by atoms with E-state index >= 15 is 0 Å². The molecule has 26 heavy (non-hydrogen) atoms. The molecule has 0 aliphatic rings. The van der Waals surface area contributed by atoms with Gasteiger partial charge in [-0.3, -0.25) is 9.78 Å². The molecule has 0 aromatic carbocycles. The van der Waals surface area contributed by atoms with Crippen molar-refractivity contribution in [1.82, 2.24) is 20.9 Å². The van der Waals surface area contributed by atoms with Crippen LogP contribution >= 0.6 is 0 Å². The largest absolute Gasteiger partial charge is 0.453 e. The van der Waals surface area contributed by atoms with Gasteiger partial charge in [0.2, 0.25) is 0 Å². The number of unbranched alkanes of at least 4 members (excludes halogenated alkanes) is 1. The maximum absolute atomic E-state index is 11.8. The van der Waals surface area contributed by atoms with Crippen LogP contribution < -0.4 is 16.0 Å². The molecule has 1 aromatic heterocycles. The standard InChI is InChI=1S/C19H32N4O3/c1-5-20-9-6-7-10-21-14-16-12-15(8-11-22-16)13-23-17(24)18(25)26-19(2,3)4/h8,11-12,20-21H,5-7,9-10,13-14H2,1-4H3,(H,23,24). The van der Waals surface area contributed by atoms with Crippen molar-refractivity contribution in [2.24, 2.45) is 0 Å². The second-order valence-corrected chi connectivity index (χ2v) is 7.08. The zero-order chi connectivity index (χ0) is 19.4. The number of ether oxygens (including phenoxy) is 1. The van der Waals surface area contributed by atoms with Gasteiger partial charge in [0, 0.05) is 19.3 Å². The van der Waals surface area contributed by atoms with E-state index in [-0.39, 0.29) is 6.54 Å². The molecule has 0 bridgehead atoms. The average Bonchev–Trinajstić information content (AvgIpc) is 2.57. The van der Waals surface area contributed by atoms with Crippen LogP contribution in [-0.4, -0.2) is 42.1 Å². The first-order valence-electron chi connectivity index (χ1n) is 9.18. The molecule has 7 nitrogen and oxygen atoms in total. The van der Waals surface area contributed by atoms with E-state index in [4.69, 9.17) is 4.74 Å². The summed E-state index contributed by atoms with van der Waals surface area (Å²) < 4.78 is 5.03. The number of pyridine rings is 1. The molecule has 0 aliphatic heterocycles. The Morgan fingerprint density at radius 2 is 1.81 bits per heavy atom. The Labute approximate surface area is 156 Å². The first-order valence-corrected chi connectivity index (χ1v) is 9.18. The normalized spacial score (nSPS) is 11.2. The van der Waals surface area contributed by atoms with Crippen LogP contribution in [0, 0.1) is 0 Å². The van der Waals surface area contributed by atoms with Crippen molar-refractivity contribution < 1.29 is 14.3 Å². The quantitative estimate of drug-likeness (QED) is 0.331. The van der Waals surface area contributed by atoms with Gasteiger partial charge in [0.15, 0.2) is 0 Å². The highest BCUT2D eigenvalue weighted by Crippen LogP contribution is 2.07. The van der Waals surface area contributed by atoms with Gasteiger partial charge in [-0.05, 0) is 70.9 Å². The molecule has 0 spiro atoms. The van der Waals surface area contributed by atoms with Gasteiger partial charge in [-0.2, -0.15) is 0 Å². The van der Waals surface area contributed by atoms with Crippen molar-refractivity contribution in [1.29, 1.82) is 0 Å². The SMILES string of the molecule is CCNCCCCNCc1cc(CNC(=O)C(=O)OC(C)(C)C)ccn1. The zero-order valence-electron chi connectivity index (χ0n) is 16.4. The zero-order valence-corrected chi connectivity index (χ0v) is 16.4. The van der Waals surface area contributed by atoms with Crippen molar-refractivity contribution in [2.45, 2.75) is 59.2 Å². The van der Waals surface area contributed by atoms with Crippen LogP contribution in [0.15, 0.2) is 18.3 Å². The number of esters is 1. The van der Waals surface area contributed by atoms with Gasteiger partial charge in [0.05, 0.1) is 5.69 Å². The lowest BCUT2D eigenvalue weighted by Gasteiger charge is -2.18. The summed E-state index contributed by atoms with van der Waals surface area (Å²) in [5.74, 6) is -1.61. The monoisotopic (exact) mass is 364 g/mol. The van der Waals surface area contributed by atoms with E-state index in [1.807, 2.05) is 12.1 Å². The maximum Gasteiger partial charge on any atom is 0.397 e. The number of aromatic nitrogens is 1. The van der Waals surface area contributed by atoms with Gasteiger partial charge < -0.3 is 20.7 Å². The molecule has 3 N–H and O–H groups in total. The number of carbonyl (C=O) groups excluding carboxylic acids is 2. The van der Waals surface area contributed by atoms with E-state index in [2.05, 4.69) is 27.9 Å². The summed E-state index contributed by atoms with van der Waals surface area (Å²) in [7, 11) is 0. The Hall–Kier alpha value is -1.99. The first-order chi connectivity index (χ1) is 12.3. The van der Waals surface area contributed by atoms with Crippen LogP contribution in [0.1, 0.15) is 51.8 Å². The fourth-order valence-electron chi connectivity index (χ4n) is 2.21. The summed E-state index contributed by atoms with van der Waals surface area (Å²) in [6.45, 7) is 11.2. The second kappa shape index (κ2) is 11.6. The predicted molar refractivity (Wildman–Crippen MR) is 101 cm³/mol. The van der Waals surface area contributed by atoms with E-state index in [1.54, 1.807) is 27.0 Å². The molecule has 0 saturated carbocycles. The number of amides is 1. The molecular formula is C19H32N4O3. The van der Waals surface area contributed by atoms with Gasteiger partial charge in [0.1, 0.15) is 5.60 Å². The third-order valence-electron chi connectivity index (χ3n) is 3.43. The highest BCUT2D eigenvalue weighted by molar-refractivity contribution is 6.32. The highest BCUT2D eigenvalue weighted by Gasteiger charge is 2.22. The summed E-state index contributed by atoms with van der Waals surface area (Å²) in [5.41, 5.74) is 1.11. The van der Waals surface area contributed by atoms with Gasteiger partial charge in [-0.25, -0.2) is 4.79 Å². The first kappa shape index (κ1) is 22.1. The van der Waals surface area contributed by atoms with Crippen molar-refractivity contribution in [2.75, 3.05) is 19.6 Å². The Balaban J connectivity index is 2.33. The highest BCUT2D eigenvalue weighted by atomic mass is 16.6. The third-order valence-corrected chi connectivity index (χ3v) is 3.43. The third kappa shape index (κ3) is 10.1. The minimum absolute atomic E-state index is 0.260. The molecule has 1 aromatic rings. The fourth-order valence-corrected chi connectivity index (χ4v) is 2.21. The van der Waals surface area contributed by atoms with Gasteiger partial charge in [-0.15, -0.1) is 0 Å². The Bertz CT molecular complexity index is 570. The van der Waals surface area contributed by atoms with Gasteiger partial charge in [-0.1, -0.05) is 6.92 Å². The van der Waals surface area contributed by atoms with Crippen molar-refractivity contribution in [3.8, 4) is 0 Å². The lowest BCUT2D eigenvalue weighted by Crippen LogP contribution is -2.36.